The van der Waals surface area contributed by atoms with Gasteiger partial charge in [0.15, 0.2) is 0 Å². The van der Waals surface area contributed by atoms with Gasteiger partial charge in [0, 0.05) is 31.7 Å². The molecule has 0 spiro atoms. The van der Waals surface area contributed by atoms with Gasteiger partial charge in [-0.1, -0.05) is 47.5 Å². The molecule has 2 fully saturated rings. The van der Waals surface area contributed by atoms with Gasteiger partial charge in [0.25, 0.3) is 0 Å². The van der Waals surface area contributed by atoms with Crippen LogP contribution in [0.3, 0.4) is 0 Å². The SMILES string of the molecule is CCC(CC)CN1CC(C2CC2)NCC1C(C)(C)C. The second-order valence-electron chi connectivity index (χ2n) is 7.87. The molecular weight excluding hydrogens is 232 g/mol. The third-order valence-corrected chi connectivity index (χ3v) is 5.28. The molecule has 1 N–H and O–H groups in total. The van der Waals surface area contributed by atoms with E-state index in [0.717, 1.165) is 17.9 Å². The van der Waals surface area contributed by atoms with Gasteiger partial charge in [-0.05, 0) is 30.1 Å². The molecule has 0 radical (unpaired) electrons. The van der Waals surface area contributed by atoms with Gasteiger partial charge in [0.05, 0.1) is 0 Å². The number of rotatable bonds is 5. The predicted molar refractivity (Wildman–Crippen MR) is 83.4 cm³/mol. The smallest absolute Gasteiger partial charge is 0.0269 e. The van der Waals surface area contributed by atoms with Gasteiger partial charge in [-0.15, -0.1) is 0 Å². The number of piperazine rings is 1. The first kappa shape index (κ1) is 15.3. The lowest BCUT2D eigenvalue weighted by Crippen LogP contribution is -2.61. The molecule has 0 aromatic heterocycles. The van der Waals surface area contributed by atoms with Crippen LogP contribution in [0.2, 0.25) is 0 Å². The second-order valence-corrected chi connectivity index (χ2v) is 7.87. The fraction of sp³-hybridized carbons (Fsp3) is 1.00. The standard InChI is InChI=1S/C17H34N2/c1-6-13(7-2)11-19-12-15(14-8-9-14)18-10-16(19)17(3,4)5/h13-16,18H,6-12H2,1-5H3. The fourth-order valence-electron chi connectivity index (χ4n) is 3.59. The lowest BCUT2D eigenvalue weighted by Gasteiger charge is -2.47. The minimum Gasteiger partial charge on any atom is -0.311 e. The van der Waals surface area contributed by atoms with Gasteiger partial charge in [0.1, 0.15) is 0 Å². The van der Waals surface area contributed by atoms with Crippen molar-refractivity contribution in [2.75, 3.05) is 19.6 Å². The minimum atomic E-state index is 0.382. The Hall–Kier alpha value is -0.0800. The summed E-state index contributed by atoms with van der Waals surface area (Å²) in [4.78, 5) is 2.82. The molecule has 2 atom stereocenters. The van der Waals surface area contributed by atoms with Gasteiger partial charge >= 0.3 is 0 Å². The summed E-state index contributed by atoms with van der Waals surface area (Å²) < 4.78 is 0. The van der Waals surface area contributed by atoms with E-state index in [2.05, 4.69) is 44.8 Å². The van der Waals surface area contributed by atoms with Crippen LogP contribution in [0.1, 0.15) is 60.3 Å². The van der Waals surface area contributed by atoms with Crippen LogP contribution in [0.5, 0.6) is 0 Å². The van der Waals surface area contributed by atoms with Crippen LogP contribution in [-0.2, 0) is 0 Å². The van der Waals surface area contributed by atoms with Crippen LogP contribution >= 0.6 is 0 Å². The summed E-state index contributed by atoms with van der Waals surface area (Å²) in [6.45, 7) is 15.7. The molecule has 2 unspecified atom stereocenters. The van der Waals surface area contributed by atoms with Crippen molar-refractivity contribution in [1.29, 1.82) is 0 Å². The van der Waals surface area contributed by atoms with Crippen molar-refractivity contribution in [3.05, 3.63) is 0 Å². The number of hydrogen-bond donors (Lipinski definition) is 1. The zero-order valence-electron chi connectivity index (χ0n) is 13.7. The normalized spacial score (nSPS) is 30.0. The van der Waals surface area contributed by atoms with E-state index < -0.39 is 0 Å². The summed E-state index contributed by atoms with van der Waals surface area (Å²) in [5, 5.41) is 3.84. The Bertz CT molecular complexity index is 271. The van der Waals surface area contributed by atoms with Gasteiger partial charge in [-0.2, -0.15) is 0 Å². The zero-order valence-corrected chi connectivity index (χ0v) is 13.7. The van der Waals surface area contributed by atoms with Gasteiger partial charge in [-0.25, -0.2) is 0 Å². The van der Waals surface area contributed by atoms with E-state index in [4.69, 9.17) is 0 Å². The van der Waals surface area contributed by atoms with Crippen molar-refractivity contribution in [2.24, 2.45) is 17.3 Å². The quantitative estimate of drug-likeness (QED) is 0.819. The zero-order chi connectivity index (χ0) is 14.0. The van der Waals surface area contributed by atoms with Gasteiger partial charge in [0.2, 0.25) is 0 Å². The van der Waals surface area contributed by atoms with Crippen molar-refractivity contribution in [3.8, 4) is 0 Å². The molecule has 0 amide bonds. The van der Waals surface area contributed by atoms with Crippen molar-refractivity contribution >= 4 is 0 Å². The summed E-state index contributed by atoms with van der Waals surface area (Å²) in [5.74, 6) is 1.85. The Morgan fingerprint density at radius 3 is 2.26 bits per heavy atom. The van der Waals surface area contributed by atoms with Crippen LogP contribution in [-0.4, -0.2) is 36.6 Å². The molecular formula is C17H34N2. The lowest BCUT2D eigenvalue weighted by atomic mass is 9.83. The van der Waals surface area contributed by atoms with Crippen molar-refractivity contribution in [3.63, 3.8) is 0 Å². The van der Waals surface area contributed by atoms with Crippen LogP contribution in [0.4, 0.5) is 0 Å². The van der Waals surface area contributed by atoms with E-state index in [1.807, 2.05) is 0 Å². The molecule has 0 aromatic rings. The average Bonchev–Trinajstić information content (AvgIpc) is 3.18. The average molecular weight is 266 g/mol. The fourth-order valence-corrected chi connectivity index (χ4v) is 3.59. The minimum absolute atomic E-state index is 0.382. The Kier molecular flexibility index (Phi) is 4.94. The van der Waals surface area contributed by atoms with E-state index in [0.29, 0.717) is 11.5 Å². The van der Waals surface area contributed by atoms with Crippen molar-refractivity contribution in [1.82, 2.24) is 10.2 Å². The Morgan fingerprint density at radius 1 is 1.16 bits per heavy atom. The van der Waals surface area contributed by atoms with Crippen LogP contribution < -0.4 is 5.32 Å². The summed E-state index contributed by atoms with van der Waals surface area (Å²) >= 11 is 0. The molecule has 112 valence electrons. The molecule has 19 heavy (non-hydrogen) atoms. The van der Waals surface area contributed by atoms with Gasteiger partial charge in [-0.3, -0.25) is 4.90 Å². The first-order valence-electron chi connectivity index (χ1n) is 8.43. The highest BCUT2D eigenvalue weighted by atomic mass is 15.2. The molecule has 0 bridgehead atoms. The van der Waals surface area contributed by atoms with Crippen molar-refractivity contribution < 1.29 is 0 Å². The molecule has 1 aliphatic carbocycles. The molecule has 2 rings (SSSR count). The molecule has 2 nitrogen and oxygen atoms in total. The maximum Gasteiger partial charge on any atom is 0.0269 e. The van der Waals surface area contributed by atoms with Crippen LogP contribution in [0.25, 0.3) is 0 Å². The number of nitrogens with one attached hydrogen (secondary N) is 1. The molecule has 1 saturated heterocycles. The van der Waals surface area contributed by atoms with Crippen LogP contribution in [0, 0.1) is 17.3 Å². The topological polar surface area (TPSA) is 15.3 Å². The highest BCUT2D eigenvalue weighted by molar-refractivity contribution is 4.97. The van der Waals surface area contributed by atoms with E-state index in [1.54, 1.807) is 0 Å². The molecule has 1 aliphatic heterocycles. The summed E-state index contributed by atoms with van der Waals surface area (Å²) in [5.41, 5.74) is 0.382. The lowest BCUT2D eigenvalue weighted by molar-refractivity contribution is 0.0377. The second kappa shape index (κ2) is 6.13. The van der Waals surface area contributed by atoms with E-state index in [9.17, 15) is 0 Å². The highest BCUT2D eigenvalue weighted by Gasteiger charge is 2.40. The Morgan fingerprint density at radius 2 is 1.79 bits per heavy atom. The molecule has 1 heterocycles. The van der Waals surface area contributed by atoms with E-state index >= 15 is 0 Å². The first-order chi connectivity index (χ1) is 8.95. The van der Waals surface area contributed by atoms with Crippen LogP contribution in [0.15, 0.2) is 0 Å². The monoisotopic (exact) mass is 266 g/mol. The first-order valence-corrected chi connectivity index (χ1v) is 8.43. The third kappa shape index (κ3) is 3.95. The Balaban J connectivity index is 2.01. The molecule has 2 heteroatoms. The predicted octanol–water partition coefficient (Wildman–Crippen LogP) is 3.52. The van der Waals surface area contributed by atoms with Crippen molar-refractivity contribution in [2.45, 2.75) is 72.4 Å². The number of hydrogen-bond acceptors (Lipinski definition) is 2. The number of nitrogens with zero attached hydrogens (tertiary/aromatic N) is 1. The van der Waals surface area contributed by atoms with E-state index in [1.165, 1.54) is 45.3 Å². The highest BCUT2D eigenvalue weighted by Crippen LogP contribution is 2.36. The maximum atomic E-state index is 3.84. The summed E-state index contributed by atoms with van der Waals surface area (Å²) in [7, 11) is 0. The molecule has 0 aromatic carbocycles. The largest absolute Gasteiger partial charge is 0.311 e. The molecule has 2 aliphatic rings. The summed E-state index contributed by atoms with van der Waals surface area (Å²) in [6, 6.07) is 1.47. The maximum absolute atomic E-state index is 3.84. The Labute approximate surface area is 120 Å². The van der Waals surface area contributed by atoms with E-state index in [-0.39, 0.29) is 0 Å². The summed E-state index contributed by atoms with van der Waals surface area (Å²) in [6.07, 6.45) is 5.56. The van der Waals surface area contributed by atoms with Gasteiger partial charge < -0.3 is 5.32 Å². The molecule has 1 saturated carbocycles. The third-order valence-electron chi connectivity index (χ3n) is 5.28.